The molecule has 1 saturated heterocycles. The number of hydrogen-bond donors (Lipinski definition) is 1. The summed E-state index contributed by atoms with van der Waals surface area (Å²) in [6, 6.07) is 5.02. The lowest BCUT2D eigenvalue weighted by atomic mass is 10.2. The number of non-ortho nitro benzene ring substituents is 1. The Balaban J connectivity index is 2.23. The zero-order valence-electron chi connectivity index (χ0n) is 9.52. The number of nitrogens with zero attached hydrogens (tertiary/aromatic N) is 2. The topological polar surface area (TPSA) is 58.4 Å². The van der Waals surface area contributed by atoms with Gasteiger partial charge in [0.25, 0.3) is 5.69 Å². The molecule has 2 rings (SSSR count). The maximum Gasteiger partial charge on any atom is 0.271 e. The van der Waals surface area contributed by atoms with E-state index in [1.165, 1.54) is 12.1 Å². The van der Waals surface area contributed by atoms with Crippen LogP contribution in [0.1, 0.15) is 6.92 Å². The molecule has 17 heavy (non-hydrogen) atoms. The molecule has 0 radical (unpaired) electrons. The first-order valence-corrected chi connectivity index (χ1v) is 5.88. The van der Waals surface area contributed by atoms with Crippen molar-refractivity contribution < 1.29 is 4.92 Å². The number of rotatable bonds is 2. The summed E-state index contributed by atoms with van der Waals surface area (Å²) < 4.78 is 0. The molecule has 0 spiro atoms. The Kier molecular flexibility index (Phi) is 3.49. The molecule has 1 aromatic carbocycles. The van der Waals surface area contributed by atoms with E-state index < -0.39 is 4.92 Å². The van der Waals surface area contributed by atoms with Gasteiger partial charge in [-0.25, -0.2) is 0 Å². The molecule has 1 atom stereocenters. The minimum absolute atomic E-state index is 0.0296. The first-order chi connectivity index (χ1) is 8.08. The van der Waals surface area contributed by atoms with Crippen molar-refractivity contribution in [2.24, 2.45) is 0 Å². The molecule has 1 fully saturated rings. The van der Waals surface area contributed by atoms with Crippen molar-refractivity contribution in [3.05, 3.63) is 33.3 Å². The van der Waals surface area contributed by atoms with Gasteiger partial charge in [-0.2, -0.15) is 0 Å². The van der Waals surface area contributed by atoms with Crippen molar-refractivity contribution in [2.75, 3.05) is 24.5 Å². The van der Waals surface area contributed by atoms with Crippen LogP contribution >= 0.6 is 11.6 Å². The van der Waals surface area contributed by atoms with Gasteiger partial charge in [0.05, 0.1) is 15.6 Å². The second-order valence-corrected chi connectivity index (χ2v) is 4.60. The Hall–Kier alpha value is -1.33. The van der Waals surface area contributed by atoms with Gasteiger partial charge in [-0.15, -0.1) is 0 Å². The Morgan fingerprint density at radius 2 is 2.35 bits per heavy atom. The third kappa shape index (κ3) is 2.68. The molecule has 1 heterocycles. The number of hydrogen-bond acceptors (Lipinski definition) is 4. The minimum atomic E-state index is -0.434. The van der Waals surface area contributed by atoms with Crippen LogP contribution in [0.2, 0.25) is 5.02 Å². The van der Waals surface area contributed by atoms with Crippen molar-refractivity contribution in [1.82, 2.24) is 5.32 Å². The molecular formula is C11H14ClN3O2. The maximum atomic E-state index is 10.6. The van der Waals surface area contributed by atoms with E-state index in [0.717, 1.165) is 25.3 Å². The Morgan fingerprint density at radius 1 is 1.59 bits per heavy atom. The fourth-order valence-corrected chi connectivity index (χ4v) is 2.31. The van der Waals surface area contributed by atoms with Gasteiger partial charge in [-0.3, -0.25) is 10.1 Å². The fourth-order valence-electron chi connectivity index (χ4n) is 2.02. The number of nitrogens with one attached hydrogen (secondary N) is 1. The van der Waals surface area contributed by atoms with E-state index >= 15 is 0 Å². The van der Waals surface area contributed by atoms with Crippen LogP contribution in [0.5, 0.6) is 0 Å². The van der Waals surface area contributed by atoms with Crippen LogP contribution in [0.4, 0.5) is 11.4 Å². The molecule has 0 amide bonds. The lowest BCUT2D eigenvalue weighted by molar-refractivity contribution is -0.384. The van der Waals surface area contributed by atoms with E-state index in [1.807, 2.05) is 0 Å². The van der Waals surface area contributed by atoms with Crippen LogP contribution in [-0.4, -0.2) is 30.6 Å². The van der Waals surface area contributed by atoms with Crippen molar-refractivity contribution in [3.8, 4) is 0 Å². The molecule has 0 aliphatic carbocycles. The second kappa shape index (κ2) is 4.89. The fraction of sp³-hybridized carbons (Fsp3) is 0.455. The zero-order chi connectivity index (χ0) is 12.4. The standard InChI is InChI=1S/C11H14ClN3O2/c1-8-7-14(5-4-13-8)11-3-2-9(15(16)17)6-10(11)12/h2-3,6,8,13H,4-5,7H2,1H3/t8-/m1/s1. The maximum absolute atomic E-state index is 10.6. The summed E-state index contributed by atoms with van der Waals surface area (Å²) in [5.74, 6) is 0. The predicted molar refractivity (Wildman–Crippen MR) is 67.8 cm³/mol. The highest BCUT2D eigenvalue weighted by molar-refractivity contribution is 6.33. The van der Waals surface area contributed by atoms with E-state index in [0.29, 0.717) is 11.1 Å². The monoisotopic (exact) mass is 255 g/mol. The summed E-state index contributed by atoms with van der Waals surface area (Å²) >= 11 is 6.09. The predicted octanol–water partition coefficient (Wildman–Crippen LogP) is 2.05. The first kappa shape index (κ1) is 12.1. The molecule has 6 heteroatoms. The van der Waals surface area contributed by atoms with Crippen LogP contribution in [0.3, 0.4) is 0 Å². The number of piperazine rings is 1. The summed E-state index contributed by atoms with van der Waals surface area (Å²) in [7, 11) is 0. The van der Waals surface area contributed by atoms with Crippen molar-refractivity contribution >= 4 is 23.0 Å². The molecule has 0 aromatic heterocycles. The van der Waals surface area contributed by atoms with Gasteiger partial charge in [0, 0.05) is 37.8 Å². The number of benzene rings is 1. The van der Waals surface area contributed by atoms with Crippen molar-refractivity contribution in [1.29, 1.82) is 0 Å². The van der Waals surface area contributed by atoms with Gasteiger partial charge in [-0.05, 0) is 13.0 Å². The molecule has 0 bridgehead atoms. The lowest BCUT2D eigenvalue weighted by Crippen LogP contribution is -2.49. The Bertz CT molecular complexity index is 439. The third-order valence-corrected chi connectivity index (χ3v) is 3.15. The van der Waals surface area contributed by atoms with Crippen LogP contribution in [0.25, 0.3) is 0 Å². The molecular weight excluding hydrogens is 242 g/mol. The average molecular weight is 256 g/mol. The molecule has 1 aromatic rings. The molecule has 0 unspecified atom stereocenters. The molecule has 0 saturated carbocycles. The zero-order valence-corrected chi connectivity index (χ0v) is 10.3. The summed E-state index contributed by atoms with van der Waals surface area (Å²) in [6.07, 6.45) is 0. The van der Waals surface area contributed by atoms with Gasteiger partial charge in [0.2, 0.25) is 0 Å². The molecule has 92 valence electrons. The van der Waals surface area contributed by atoms with Crippen molar-refractivity contribution in [3.63, 3.8) is 0 Å². The molecule has 1 aliphatic heterocycles. The molecule has 1 aliphatic rings. The molecule has 1 N–H and O–H groups in total. The van der Waals surface area contributed by atoms with E-state index in [9.17, 15) is 10.1 Å². The number of halogens is 1. The van der Waals surface area contributed by atoms with E-state index in [2.05, 4.69) is 17.1 Å². The Morgan fingerprint density at radius 3 is 2.94 bits per heavy atom. The quantitative estimate of drug-likeness (QED) is 0.649. The summed E-state index contributed by atoms with van der Waals surface area (Å²) in [6.45, 7) is 4.72. The summed E-state index contributed by atoms with van der Waals surface area (Å²) in [4.78, 5) is 12.3. The van der Waals surface area contributed by atoms with E-state index in [-0.39, 0.29) is 5.69 Å². The second-order valence-electron chi connectivity index (χ2n) is 4.19. The van der Waals surface area contributed by atoms with E-state index in [1.54, 1.807) is 6.07 Å². The number of nitro groups is 1. The van der Waals surface area contributed by atoms with E-state index in [4.69, 9.17) is 11.6 Å². The van der Waals surface area contributed by atoms with Crippen LogP contribution in [-0.2, 0) is 0 Å². The Labute approximate surface area is 105 Å². The smallest absolute Gasteiger partial charge is 0.271 e. The summed E-state index contributed by atoms with van der Waals surface area (Å²) in [5.41, 5.74) is 0.896. The SMILES string of the molecule is C[C@@H]1CN(c2ccc([N+](=O)[O-])cc2Cl)CCN1. The highest BCUT2D eigenvalue weighted by Gasteiger charge is 2.19. The van der Waals surface area contributed by atoms with Crippen LogP contribution in [0.15, 0.2) is 18.2 Å². The van der Waals surface area contributed by atoms with Gasteiger partial charge in [0.1, 0.15) is 0 Å². The molecule has 5 nitrogen and oxygen atoms in total. The first-order valence-electron chi connectivity index (χ1n) is 5.50. The van der Waals surface area contributed by atoms with Gasteiger partial charge in [0.15, 0.2) is 0 Å². The highest BCUT2D eigenvalue weighted by atomic mass is 35.5. The summed E-state index contributed by atoms with van der Waals surface area (Å²) in [5, 5.41) is 14.4. The van der Waals surface area contributed by atoms with Gasteiger partial charge in [-0.1, -0.05) is 11.6 Å². The van der Waals surface area contributed by atoms with Crippen LogP contribution < -0.4 is 10.2 Å². The van der Waals surface area contributed by atoms with Gasteiger partial charge >= 0.3 is 0 Å². The van der Waals surface area contributed by atoms with Gasteiger partial charge < -0.3 is 10.2 Å². The number of nitro benzene ring substituents is 1. The normalized spacial score (nSPS) is 20.4. The number of anilines is 1. The van der Waals surface area contributed by atoms with Crippen LogP contribution in [0, 0.1) is 10.1 Å². The lowest BCUT2D eigenvalue weighted by Gasteiger charge is -2.34. The largest absolute Gasteiger partial charge is 0.367 e. The minimum Gasteiger partial charge on any atom is -0.367 e. The van der Waals surface area contributed by atoms with Crippen molar-refractivity contribution in [2.45, 2.75) is 13.0 Å². The third-order valence-electron chi connectivity index (χ3n) is 2.85. The highest BCUT2D eigenvalue weighted by Crippen LogP contribution is 2.30. The average Bonchev–Trinajstić information content (AvgIpc) is 2.28.